The van der Waals surface area contributed by atoms with Gasteiger partial charge in [-0.15, -0.1) is 11.3 Å². The molecule has 0 bridgehead atoms. The van der Waals surface area contributed by atoms with Crippen molar-refractivity contribution in [2.45, 2.75) is 26.8 Å². The number of nitrogens with zero attached hydrogens (tertiary/aromatic N) is 2. The lowest BCUT2D eigenvalue weighted by Gasteiger charge is -2.10. The molecule has 7 heteroatoms. The monoisotopic (exact) mass is 409 g/mol. The number of thiazole rings is 1. The number of hydrogen-bond donors (Lipinski definition) is 2. The van der Waals surface area contributed by atoms with Crippen molar-refractivity contribution in [1.82, 2.24) is 9.88 Å². The Bertz CT molecular complexity index is 1060. The van der Waals surface area contributed by atoms with Crippen molar-refractivity contribution >= 4 is 23.2 Å². The second-order valence-corrected chi connectivity index (χ2v) is 7.56. The molecule has 2 N–H and O–H groups in total. The summed E-state index contributed by atoms with van der Waals surface area (Å²) in [5, 5.41) is 14.3. The zero-order valence-corrected chi connectivity index (χ0v) is 17.2. The highest BCUT2D eigenvalue weighted by Gasteiger charge is 2.11. The van der Waals surface area contributed by atoms with E-state index in [4.69, 9.17) is 0 Å². The molecule has 6 nitrogen and oxygen atoms in total. The van der Waals surface area contributed by atoms with Crippen LogP contribution in [0.4, 0.5) is 0 Å². The highest BCUT2D eigenvalue weighted by molar-refractivity contribution is 7.07. The van der Waals surface area contributed by atoms with E-state index in [0.29, 0.717) is 29.9 Å². The lowest BCUT2D eigenvalue weighted by Crippen LogP contribution is -2.24. The molecule has 0 radical (unpaired) electrons. The molecule has 1 heterocycles. The Balaban J connectivity index is 1.94. The van der Waals surface area contributed by atoms with Crippen LogP contribution in [0.15, 0.2) is 58.9 Å². The fourth-order valence-corrected chi connectivity index (χ4v) is 3.78. The fourth-order valence-electron chi connectivity index (χ4n) is 2.85. The van der Waals surface area contributed by atoms with Crippen LogP contribution in [0.3, 0.4) is 0 Å². The molecule has 2 amide bonds. The average molecular weight is 410 g/mol. The molecule has 3 rings (SSSR count). The molecule has 0 aliphatic carbocycles. The molecule has 150 valence electrons. The molecule has 0 saturated carbocycles. The number of phenolic OH excluding ortho intramolecular Hbond substituents is 1. The van der Waals surface area contributed by atoms with Crippen molar-refractivity contribution < 1.29 is 14.7 Å². The van der Waals surface area contributed by atoms with Crippen molar-refractivity contribution in [3.63, 3.8) is 0 Å². The minimum atomic E-state index is -0.292. The molecular weight excluding hydrogens is 386 g/mol. The van der Waals surface area contributed by atoms with Gasteiger partial charge in [-0.2, -0.15) is 4.99 Å². The van der Waals surface area contributed by atoms with E-state index in [9.17, 15) is 14.7 Å². The first kappa shape index (κ1) is 20.5. The number of aryl methyl sites for hydroxylation is 1. The number of aromatic nitrogens is 1. The molecule has 3 aromatic rings. The van der Waals surface area contributed by atoms with Gasteiger partial charge in [0, 0.05) is 31.0 Å². The number of amides is 2. The number of carbonyl (C=O) groups excluding carboxylic acids is 2. The minimum absolute atomic E-state index is 0.0708. The standard InChI is InChI=1S/C22H23N3O3S/c1-15-4-6-18(7-5-15)21(28)24-22-25(13-3-12-23-16(2)26)20(14-29-22)17-8-10-19(27)11-9-17/h4-11,14,27H,3,12-13H2,1-2H3,(H,23,26). The zero-order chi connectivity index (χ0) is 20.8. The molecule has 0 spiro atoms. The summed E-state index contributed by atoms with van der Waals surface area (Å²) >= 11 is 1.39. The van der Waals surface area contributed by atoms with Crippen LogP contribution in [0.25, 0.3) is 11.3 Å². The van der Waals surface area contributed by atoms with E-state index in [2.05, 4.69) is 10.3 Å². The highest BCUT2D eigenvalue weighted by atomic mass is 32.1. The maximum Gasteiger partial charge on any atom is 0.279 e. The van der Waals surface area contributed by atoms with Crippen molar-refractivity contribution in [2.24, 2.45) is 4.99 Å². The van der Waals surface area contributed by atoms with E-state index in [-0.39, 0.29) is 17.6 Å². The largest absolute Gasteiger partial charge is 0.508 e. The quantitative estimate of drug-likeness (QED) is 0.611. The molecular formula is C22H23N3O3S. The zero-order valence-electron chi connectivity index (χ0n) is 16.4. The Labute approximate surface area is 173 Å². The van der Waals surface area contributed by atoms with E-state index < -0.39 is 0 Å². The number of hydrogen-bond acceptors (Lipinski definition) is 4. The summed E-state index contributed by atoms with van der Waals surface area (Å²) in [7, 11) is 0. The molecule has 0 atom stereocenters. The maximum atomic E-state index is 12.6. The molecule has 0 aliphatic rings. The topological polar surface area (TPSA) is 83.7 Å². The summed E-state index contributed by atoms with van der Waals surface area (Å²) in [4.78, 5) is 28.7. The third-order valence-corrected chi connectivity index (χ3v) is 5.25. The van der Waals surface area contributed by atoms with Crippen LogP contribution in [0.1, 0.15) is 29.3 Å². The van der Waals surface area contributed by atoms with Crippen molar-refractivity contribution in [3.05, 3.63) is 69.8 Å². The predicted molar refractivity (Wildman–Crippen MR) is 114 cm³/mol. The van der Waals surface area contributed by atoms with Gasteiger partial charge in [-0.3, -0.25) is 9.59 Å². The second-order valence-electron chi connectivity index (χ2n) is 6.72. The van der Waals surface area contributed by atoms with Crippen LogP contribution in [-0.4, -0.2) is 28.0 Å². The van der Waals surface area contributed by atoms with Gasteiger partial charge in [0.2, 0.25) is 5.91 Å². The van der Waals surface area contributed by atoms with Crippen molar-refractivity contribution in [2.75, 3.05) is 6.54 Å². The molecule has 0 unspecified atom stereocenters. The first-order valence-corrected chi connectivity index (χ1v) is 10.2. The lowest BCUT2D eigenvalue weighted by atomic mass is 10.1. The van der Waals surface area contributed by atoms with Crippen LogP contribution < -0.4 is 10.1 Å². The van der Waals surface area contributed by atoms with Crippen LogP contribution in [0.2, 0.25) is 0 Å². The van der Waals surface area contributed by atoms with Gasteiger partial charge < -0.3 is 15.0 Å². The maximum absolute atomic E-state index is 12.6. The van der Waals surface area contributed by atoms with Crippen LogP contribution >= 0.6 is 11.3 Å². The number of nitrogens with one attached hydrogen (secondary N) is 1. The van der Waals surface area contributed by atoms with Gasteiger partial charge in [-0.25, -0.2) is 0 Å². The Morgan fingerprint density at radius 2 is 1.79 bits per heavy atom. The van der Waals surface area contributed by atoms with Gasteiger partial charge >= 0.3 is 0 Å². The smallest absolute Gasteiger partial charge is 0.279 e. The molecule has 0 saturated heterocycles. The SMILES string of the molecule is CC(=O)NCCCn1c(-c2ccc(O)cc2)csc1=NC(=O)c1ccc(C)cc1. The number of aromatic hydroxyl groups is 1. The molecule has 29 heavy (non-hydrogen) atoms. The Hall–Kier alpha value is -3.19. The fraction of sp³-hybridized carbons (Fsp3) is 0.227. The van der Waals surface area contributed by atoms with Crippen LogP contribution in [0.5, 0.6) is 5.75 Å². The van der Waals surface area contributed by atoms with E-state index in [1.165, 1.54) is 18.3 Å². The first-order valence-electron chi connectivity index (χ1n) is 9.32. The summed E-state index contributed by atoms with van der Waals surface area (Å²) in [5.74, 6) is -0.168. The van der Waals surface area contributed by atoms with Crippen LogP contribution in [-0.2, 0) is 11.3 Å². The van der Waals surface area contributed by atoms with Gasteiger partial charge in [0.05, 0.1) is 5.69 Å². The predicted octanol–water partition coefficient (Wildman–Crippen LogP) is 3.50. The lowest BCUT2D eigenvalue weighted by molar-refractivity contribution is -0.118. The summed E-state index contributed by atoms with van der Waals surface area (Å²) in [6.45, 7) is 4.59. The summed E-state index contributed by atoms with van der Waals surface area (Å²) in [5.41, 5.74) is 3.45. The molecule has 0 aliphatic heterocycles. The molecule has 2 aromatic carbocycles. The van der Waals surface area contributed by atoms with Gasteiger partial charge in [-0.1, -0.05) is 17.7 Å². The number of rotatable bonds is 6. The van der Waals surface area contributed by atoms with E-state index in [1.807, 2.05) is 41.1 Å². The average Bonchev–Trinajstić information content (AvgIpc) is 3.08. The Kier molecular flexibility index (Phi) is 6.61. The molecule has 1 aromatic heterocycles. The van der Waals surface area contributed by atoms with Crippen LogP contribution in [0, 0.1) is 6.92 Å². The number of benzene rings is 2. The van der Waals surface area contributed by atoms with Gasteiger partial charge in [0.1, 0.15) is 5.75 Å². The van der Waals surface area contributed by atoms with Gasteiger partial charge in [0.15, 0.2) is 4.80 Å². The minimum Gasteiger partial charge on any atom is -0.508 e. The number of phenols is 1. The van der Waals surface area contributed by atoms with Gasteiger partial charge in [0.25, 0.3) is 5.91 Å². The Morgan fingerprint density at radius 1 is 1.10 bits per heavy atom. The highest BCUT2D eigenvalue weighted by Crippen LogP contribution is 2.23. The second kappa shape index (κ2) is 9.34. The summed E-state index contributed by atoms with van der Waals surface area (Å²) in [6, 6.07) is 14.2. The van der Waals surface area contributed by atoms with Crippen molar-refractivity contribution in [1.29, 1.82) is 0 Å². The van der Waals surface area contributed by atoms with Gasteiger partial charge in [-0.05, 0) is 55.3 Å². The Morgan fingerprint density at radius 3 is 2.45 bits per heavy atom. The third kappa shape index (κ3) is 5.42. The van der Waals surface area contributed by atoms with Crippen molar-refractivity contribution in [3.8, 4) is 17.0 Å². The summed E-state index contributed by atoms with van der Waals surface area (Å²) in [6.07, 6.45) is 0.702. The van der Waals surface area contributed by atoms with E-state index >= 15 is 0 Å². The van der Waals surface area contributed by atoms with E-state index in [0.717, 1.165) is 16.8 Å². The normalized spacial score (nSPS) is 11.4. The third-order valence-electron chi connectivity index (χ3n) is 4.39. The van der Waals surface area contributed by atoms with E-state index in [1.54, 1.807) is 24.3 Å². The molecule has 0 fully saturated rings. The first-order chi connectivity index (χ1) is 13.9. The summed E-state index contributed by atoms with van der Waals surface area (Å²) < 4.78 is 1.98. The number of carbonyl (C=O) groups is 2.